The molecule has 1 aromatic rings. The Morgan fingerprint density at radius 3 is 2.38 bits per heavy atom. The van der Waals surface area contributed by atoms with E-state index in [9.17, 15) is 0 Å². The molecule has 3 nitrogen and oxygen atoms in total. The first-order valence-corrected chi connectivity index (χ1v) is 9.90. The number of ether oxygens (including phenoxy) is 2. The summed E-state index contributed by atoms with van der Waals surface area (Å²) in [7, 11) is 0. The number of hydrogen-bond acceptors (Lipinski definition) is 3. The van der Waals surface area contributed by atoms with Gasteiger partial charge in [0.25, 0.3) is 0 Å². The molecule has 0 atom stereocenters. The van der Waals surface area contributed by atoms with Crippen LogP contribution >= 0.6 is 0 Å². The van der Waals surface area contributed by atoms with Gasteiger partial charge in [0, 0.05) is 19.6 Å². The predicted molar refractivity (Wildman–Crippen MR) is 101 cm³/mol. The summed E-state index contributed by atoms with van der Waals surface area (Å²) in [6, 6.07) is 8.70. The number of aryl methyl sites for hydroxylation is 1. The highest BCUT2D eigenvalue weighted by Crippen LogP contribution is 2.15. The van der Waals surface area contributed by atoms with Gasteiger partial charge in [-0.25, -0.2) is 0 Å². The summed E-state index contributed by atoms with van der Waals surface area (Å²) < 4.78 is 11.2. The molecule has 0 N–H and O–H groups in total. The number of morpholine rings is 1. The molecular formula is C21H35NO2. The molecule has 1 fully saturated rings. The third kappa shape index (κ3) is 8.16. The van der Waals surface area contributed by atoms with Crippen LogP contribution in [0.3, 0.4) is 0 Å². The lowest BCUT2D eigenvalue weighted by atomic mass is 10.0. The molecule has 136 valence electrons. The van der Waals surface area contributed by atoms with Crippen LogP contribution in [0.4, 0.5) is 0 Å². The third-order valence-corrected chi connectivity index (χ3v) is 4.73. The van der Waals surface area contributed by atoms with E-state index in [4.69, 9.17) is 9.47 Å². The Labute approximate surface area is 148 Å². The van der Waals surface area contributed by atoms with Crippen LogP contribution in [0.1, 0.15) is 57.4 Å². The number of benzene rings is 1. The standard InChI is InChI=1S/C21H35NO2/c1-2-3-4-5-6-7-9-20-10-12-21(13-11-20)24-17-8-14-22-15-18-23-19-16-22/h10-13H,2-9,14-19H2,1H3. The van der Waals surface area contributed by atoms with Crippen LogP contribution < -0.4 is 4.74 Å². The first-order chi connectivity index (χ1) is 11.9. The molecule has 0 amide bonds. The van der Waals surface area contributed by atoms with Crippen LogP contribution in [0.15, 0.2) is 24.3 Å². The maximum Gasteiger partial charge on any atom is 0.119 e. The second-order valence-corrected chi connectivity index (χ2v) is 6.82. The van der Waals surface area contributed by atoms with E-state index in [1.54, 1.807) is 0 Å². The fourth-order valence-electron chi connectivity index (χ4n) is 3.16. The van der Waals surface area contributed by atoms with Crippen molar-refractivity contribution in [2.24, 2.45) is 0 Å². The molecule has 3 heteroatoms. The van der Waals surface area contributed by atoms with Crippen molar-refractivity contribution in [1.82, 2.24) is 4.90 Å². The second kappa shape index (κ2) is 12.3. The van der Waals surface area contributed by atoms with Crippen LogP contribution in [0.2, 0.25) is 0 Å². The Morgan fingerprint density at radius 1 is 0.917 bits per heavy atom. The lowest BCUT2D eigenvalue weighted by molar-refractivity contribution is 0.0358. The summed E-state index contributed by atoms with van der Waals surface area (Å²) in [6.07, 6.45) is 10.4. The monoisotopic (exact) mass is 333 g/mol. The van der Waals surface area contributed by atoms with Crippen LogP contribution in [-0.2, 0) is 11.2 Å². The van der Waals surface area contributed by atoms with Gasteiger partial charge in [0.15, 0.2) is 0 Å². The Morgan fingerprint density at radius 2 is 1.62 bits per heavy atom. The van der Waals surface area contributed by atoms with Crippen molar-refractivity contribution in [2.75, 3.05) is 39.5 Å². The zero-order chi connectivity index (χ0) is 16.9. The summed E-state index contributed by atoms with van der Waals surface area (Å²) in [4.78, 5) is 2.45. The van der Waals surface area contributed by atoms with Crippen molar-refractivity contribution in [3.8, 4) is 5.75 Å². The molecule has 1 aliphatic rings. The highest BCUT2D eigenvalue weighted by molar-refractivity contribution is 5.27. The van der Waals surface area contributed by atoms with Gasteiger partial charge in [0.2, 0.25) is 0 Å². The molecular weight excluding hydrogens is 298 g/mol. The van der Waals surface area contributed by atoms with Crippen LogP contribution in [0.5, 0.6) is 5.75 Å². The quantitative estimate of drug-likeness (QED) is 0.518. The van der Waals surface area contributed by atoms with Gasteiger partial charge < -0.3 is 9.47 Å². The Hall–Kier alpha value is -1.06. The van der Waals surface area contributed by atoms with Gasteiger partial charge >= 0.3 is 0 Å². The van der Waals surface area contributed by atoms with Crippen molar-refractivity contribution in [2.45, 2.75) is 58.3 Å². The van der Waals surface area contributed by atoms with Gasteiger partial charge in [0.1, 0.15) is 5.75 Å². The zero-order valence-electron chi connectivity index (χ0n) is 15.5. The lowest BCUT2D eigenvalue weighted by Crippen LogP contribution is -2.37. The Bertz CT molecular complexity index is 412. The average molecular weight is 334 g/mol. The van der Waals surface area contributed by atoms with E-state index in [2.05, 4.69) is 36.1 Å². The minimum absolute atomic E-state index is 0.800. The minimum Gasteiger partial charge on any atom is -0.494 e. The van der Waals surface area contributed by atoms with E-state index >= 15 is 0 Å². The SMILES string of the molecule is CCCCCCCCc1ccc(OCCCN2CCOCC2)cc1. The normalized spacial score (nSPS) is 15.5. The van der Waals surface area contributed by atoms with Crippen LogP contribution in [0, 0.1) is 0 Å². The van der Waals surface area contributed by atoms with Gasteiger partial charge in [-0.15, -0.1) is 0 Å². The van der Waals surface area contributed by atoms with E-state index in [1.165, 1.54) is 50.5 Å². The number of hydrogen-bond donors (Lipinski definition) is 0. The molecule has 1 heterocycles. The molecule has 0 aliphatic carbocycles. The van der Waals surface area contributed by atoms with E-state index < -0.39 is 0 Å². The molecule has 1 saturated heterocycles. The molecule has 0 spiro atoms. The van der Waals surface area contributed by atoms with Crippen molar-refractivity contribution in [3.63, 3.8) is 0 Å². The topological polar surface area (TPSA) is 21.7 Å². The zero-order valence-corrected chi connectivity index (χ0v) is 15.5. The van der Waals surface area contributed by atoms with Crippen molar-refractivity contribution in [1.29, 1.82) is 0 Å². The van der Waals surface area contributed by atoms with Gasteiger partial charge in [-0.3, -0.25) is 4.90 Å². The van der Waals surface area contributed by atoms with Gasteiger partial charge in [-0.05, 0) is 37.0 Å². The summed E-state index contributed by atoms with van der Waals surface area (Å²) in [6.45, 7) is 8.06. The average Bonchev–Trinajstić information content (AvgIpc) is 2.64. The molecule has 2 rings (SSSR count). The van der Waals surface area contributed by atoms with E-state index in [0.29, 0.717) is 0 Å². The van der Waals surface area contributed by atoms with Crippen LogP contribution in [0.25, 0.3) is 0 Å². The number of nitrogens with zero attached hydrogens (tertiary/aromatic N) is 1. The van der Waals surface area contributed by atoms with Crippen molar-refractivity contribution < 1.29 is 9.47 Å². The number of rotatable bonds is 12. The second-order valence-electron chi connectivity index (χ2n) is 6.82. The highest BCUT2D eigenvalue weighted by Gasteiger charge is 2.09. The van der Waals surface area contributed by atoms with Crippen molar-refractivity contribution in [3.05, 3.63) is 29.8 Å². The van der Waals surface area contributed by atoms with Gasteiger partial charge in [0.05, 0.1) is 19.8 Å². The molecule has 0 radical (unpaired) electrons. The Balaban J connectivity index is 1.53. The predicted octanol–water partition coefficient (Wildman–Crippen LogP) is 4.69. The van der Waals surface area contributed by atoms with Gasteiger partial charge in [-0.1, -0.05) is 51.2 Å². The summed E-state index contributed by atoms with van der Waals surface area (Å²) in [5, 5.41) is 0. The highest BCUT2D eigenvalue weighted by atomic mass is 16.5. The van der Waals surface area contributed by atoms with Crippen LogP contribution in [-0.4, -0.2) is 44.4 Å². The number of unbranched alkanes of at least 4 members (excludes halogenated alkanes) is 5. The summed E-state index contributed by atoms with van der Waals surface area (Å²) >= 11 is 0. The summed E-state index contributed by atoms with van der Waals surface area (Å²) in [5.41, 5.74) is 1.44. The lowest BCUT2D eigenvalue weighted by Gasteiger charge is -2.26. The largest absolute Gasteiger partial charge is 0.494 e. The van der Waals surface area contributed by atoms with E-state index in [0.717, 1.165) is 51.6 Å². The summed E-state index contributed by atoms with van der Waals surface area (Å²) in [5.74, 6) is 1.00. The molecule has 0 aromatic heterocycles. The molecule has 24 heavy (non-hydrogen) atoms. The third-order valence-electron chi connectivity index (χ3n) is 4.73. The van der Waals surface area contributed by atoms with E-state index in [-0.39, 0.29) is 0 Å². The molecule has 0 unspecified atom stereocenters. The maximum atomic E-state index is 5.86. The van der Waals surface area contributed by atoms with Gasteiger partial charge in [-0.2, -0.15) is 0 Å². The smallest absolute Gasteiger partial charge is 0.119 e. The molecule has 1 aromatic carbocycles. The molecule has 0 bridgehead atoms. The Kier molecular flexibility index (Phi) is 9.89. The minimum atomic E-state index is 0.800. The first kappa shape index (κ1) is 19.3. The fraction of sp³-hybridized carbons (Fsp3) is 0.714. The van der Waals surface area contributed by atoms with E-state index in [1.807, 2.05) is 0 Å². The molecule has 1 aliphatic heterocycles. The van der Waals surface area contributed by atoms with Crippen molar-refractivity contribution >= 4 is 0 Å². The fourth-order valence-corrected chi connectivity index (χ4v) is 3.16. The first-order valence-electron chi connectivity index (χ1n) is 9.90. The maximum absolute atomic E-state index is 5.86. The molecule has 0 saturated carbocycles.